The van der Waals surface area contributed by atoms with Gasteiger partial charge in [0.15, 0.2) is 0 Å². The maximum Gasteiger partial charge on any atom is 0.133 e. The molecule has 0 saturated carbocycles. The third-order valence-electron chi connectivity index (χ3n) is 2.33. The number of nitrogens with zero attached hydrogens (tertiary/aromatic N) is 2. The summed E-state index contributed by atoms with van der Waals surface area (Å²) in [4.78, 5) is 2.05. The van der Waals surface area contributed by atoms with Crippen molar-refractivity contribution in [2.75, 3.05) is 13.3 Å². The number of ether oxygens (including phenoxy) is 1. The highest BCUT2D eigenvalue weighted by Crippen LogP contribution is 2.18. The number of hydrogen-bond acceptors (Lipinski definition) is 3. The van der Waals surface area contributed by atoms with Crippen molar-refractivity contribution in [3.8, 4) is 0 Å². The summed E-state index contributed by atoms with van der Waals surface area (Å²) < 4.78 is 5.40. The van der Waals surface area contributed by atoms with E-state index < -0.39 is 0 Å². The van der Waals surface area contributed by atoms with Crippen molar-refractivity contribution in [1.82, 2.24) is 4.90 Å². The van der Waals surface area contributed by atoms with Crippen molar-refractivity contribution < 1.29 is 4.74 Å². The molecule has 1 saturated heterocycles. The number of hydrazone groups is 1. The van der Waals surface area contributed by atoms with E-state index in [1.54, 1.807) is 0 Å². The number of nitrogens with two attached hydrogens (primary N) is 1. The summed E-state index contributed by atoms with van der Waals surface area (Å²) in [5.41, 5.74) is 1.24. The highest BCUT2D eigenvalue weighted by Gasteiger charge is 2.21. The fourth-order valence-corrected chi connectivity index (χ4v) is 1.59. The number of allylic oxidation sites excluding steroid dienone is 1. The van der Waals surface area contributed by atoms with Crippen LogP contribution >= 0.6 is 0 Å². The van der Waals surface area contributed by atoms with E-state index in [2.05, 4.69) is 25.0 Å². The van der Waals surface area contributed by atoms with E-state index in [1.807, 2.05) is 11.8 Å². The van der Waals surface area contributed by atoms with Gasteiger partial charge in [-0.1, -0.05) is 19.9 Å². The summed E-state index contributed by atoms with van der Waals surface area (Å²) in [7, 11) is 0. The van der Waals surface area contributed by atoms with Crippen LogP contribution in [-0.4, -0.2) is 24.1 Å². The second kappa shape index (κ2) is 5.00. The zero-order valence-electron chi connectivity index (χ0n) is 9.16. The van der Waals surface area contributed by atoms with Crippen molar-refractivity contribution in [1.29, 1.82) is 0 Å². The highest BCUT2D eigenvalue weighted by atomic mass is 16.5. The van der Waals surface area contributed by atoms with Gasteiger partial charge in [-0.3, -0.25) is 0 Å². The van der Waals surface area contributed by atoms with Crippen LogP contribution < -0.4 is 5.84 Å². The lowest BCUT2D eigenvalue weighted by molar-refractivity contribution is 0.0454. The first kappa shape index (κ1) is 11.0. The quantitative estimate of drug-likeness (QED) is 0.300. The Morgan fingerprint density at radius 2 is 2.36 bits per heavy atom. The third-order valence-corrected chi connectivity index (χ3v) is 2.33. The van der Waals surface area contributed by atoms with E-state index in [9.17, 15) is 0 Å². The Balaban J connectivity index is 2.82. The number of hydrogen-bond donors (Lipinski definition) is 1. The van der Waals surface area contributed by atoms with Crippen molar-refractivity contribution in [2.24, 2.45) is 16.9 Å². The molecule has 2 N–H and O–H groups in total. The number of amidine groups is 1. The Labute approximate surface area is 85.4 Å². The Kier molecular flexibility index (Phi) is 3.95. The monoisotopic (exact) mass is 197 g/mol. The molecule has 0 aromatic rings. The predicted molar refractivity (Wildman–Crippen MR) is 57.5 cm³/mol. The lowest BCUT2D eigenvalue weighted by Gasteiger charge is -2.33. The second-order valence-corrected chi connectivity index (χ2v) is 3.64. The summed E-state index contributed by atoms with van der Waals surface area (Å²) >= 11 is 0. The maximum atomic E-state index is 5.40. The van der Waals surface area contributed by atoms with Crippen LogP contribution in [0.25, 0.3) is 0 Å². The molecular formula is C10H19N3O. The summed E-state index contributed by atoms with van der Waals surface area (Å²) in [5, 5.41) is 3.83. The molecule has 1 aliphatic rings. The average Bonchev–Trinajstić information content (AvgIpc) is 2.19. The van der Waals surface area contributed by atoms with Gasteiger partial charge in [0, 0.05) is 18.0 Å². The van der Waals surface area contributed by atoms with Crippen LogP contribution in [-0.2, 0) is 4.74 Å². The van der Waals surface area contributed by atoms with Gasteiger partial charge < -0.3 is 15.5 Å². The Morgan fingerprint density at radius 3 is 2.86 bits per heavy atom. The van der Waals surface area contributed by atoms with Gasteiger partial charge in [-0.2, -0.15) is 5.10 Å². The molecule has 4 heteroatoms. The predicted octanol–water partition coefficient (Wildman–Crippen LogP) is 1.50. The first-order valence-electron chi connectivity index (χ1n) is 4.99. The molecule has 0 aromatic heterocycles. The van der Waals surface area contributed by atoms with Gasteiger partial charge in [-0.25, -0.2) is 0 Å². The van der Waals surface area contributed by atoms with E-state index in [4.69, 9.17) is 10.6 Å². The Morgan fingerprint density at radius 1 is 1.64 bits per heavy atom. The van der Waals surface area contributed by atoms with Crippen molar-refractivity contribution >= 4 is 5.84 Å². The van der Waals surface area contributed by atoms with E-state index >= 15 is 0 Å². The average molecular weight is 197 g/mol. The molecule has 1 rings (SSSR count). The van der Waals surface area contributed by atoms with Crippen LogP contribution in [0.15, 0.2) is 16.9 Å². The van der Waals surface area contributed by atoms with Gasteiger partial charge in [-0.15, -0.1) is 0 Å². The van der Waals surface area contributed by atoms with E-state index in [0.717, 1.165) is 18.9 Å². The molecule has 1 fully saturated rings. The van der Waals surface area contributed by atoms with Crippen LogP contribution in [0.5, 0.6) is 0 Å². The second-order valence-electron chi connectivity index (χ2n) is 3.64. The minimum Gasteiger partial charge on any atom is -0.360 e. The van der Waals surface area contributed by atoms with E-state index in [1.165, 1.54) is 5.70 Å². The fourth-order valence-electron chi connectivity index (χ4n) is 1.59. The SMILES string of the molecule is C/C=C1/CCOCN1/C(=N\N)C(C)C. The summed E-state index contributed by atoms with van der Waals surface area (Å²) in [6, 6.07) is 0. The zero-order valence-corrected chi connectivity index (χ0v) is 9.16. The van der Waals surface area contributed by atoms with Crippen LogP contribution in [0.1, 0.15) is 27.2 Å². The molecule has 1 heterocycles. The zero-order chi connectivity index (χ0) is 10.6. The third kappa shape index (κ3) is 2.26. The summed E-state index contributed by atoms with van der Waals surface area (Å²) in [5.74, 6) is 6.59. The highest BCUT2D eigenvalue weighted by molar-refractivity contribution is 5.85. The van der Waals surface area contributed by atoms with Crippen molar-refractivity contribution in [3.63, 3.8) is 0 Å². The molecule has 14 heavy (non-hydrogen) atoms. The smallest absolute Gasteiger partial charge is 0.133 e. The van der Waals surface area contributed by atoms with Gasteiger partial charge in [0.05, 0.1) is 6.61 Å². The maximum absolute atomic E-state index is 5.40. The molecule has 80 valence electrons. The molecule has 1 aliphatic heterocycles. The molecule has 0 aromatic carbocycles. The molecule has 0 atom stereocenters. The molecule has 0 amide bonds. The molecule has 4 nitrogen and oxygen atoms in total. The first-order valence-corrected chi connectivity index (χ1v) is 4.99. The van der Waals surface area contributed by atoms with Crippen LogP contribution in [0, 0.1) is 5.92 Å². The Hall–Kier alpha value is -1.03. The standard InChI is InChI=1S/C10H19N3O/c1-4-9-5-6-14-7-13(9)10(12-11)8(2)3/h4,8H,5-7,11H2,1-3H3/b9-4-,12-10-. The van der Waals surface area contributed by atoms with E-state index in [0.29, 0.717) is 12.6 Å². The number of rotatable bonds is 1. The van der Waals surface area contributed by atoms with Gasteiger partial charge in [0.25, 0.3) is 0 Å². The first-order chi connectivity index (χ1) is 6.70. The van der Waals surface area contributed by atoms with Crippen LogP contribution in [0.4, 0.5) is 0 Å². The molecule has 0 spiro atoms. The van der Waals surface area contributed by atoms with E-state index in [-0.39, 0.29) is 0 Å². The van der Waals surface area contributed by atoms with Crippen LogP contribution in [0.3, 0.4) is 0 Å². The van der Waals surface area contributed by atoms with Gasteiger partial charge >= 0.3 is 0 Å². The normalized spacial score (nSPS) is 22.1. The van der Waals surface area contributed by atoms with Crippen molar-refractivity contribution in [2.45, 2.75) is 27.2 Å². The fraction of sp³-hybridized carbons (Fsp3) is 0.700. The molecule has 0 aliphatic carbocycles. The lowest BCUT2D eigenvalue weighted by atomic mass is 10.1. The minimum atomic E-state index is 0.316. The molecule has 0 radical (unpaired) electrons. The molecule has 0 bridgehead atoms. The minimum absolute atomic E-state index is 0.316. The Bertz CT molecular complexity index is 246. The van der Waals surface area contributed by atoms with Gasteiger partial charge in [0.2, 0.25) is 0 Å². The van der Waals surface area contributed by atoms with Gasteiger partial charge in [-0.05, 0) is 6.92 Å². The summed E-state index contributed by atoms with van der Waals surface area (Å²) in [6.45, 7) is 7.53. The molecular weight excluding hydrogens is 178 g/mol. The topological polar surface area (TPSA) is 50.8 Å². The van der Waals surface area contributed by atoms with Gasteiger partial charge in [0.1, 0.15) is 12.6 Å². The van der Waals surface area contributed by atoms with Crippen molar-refractivity contribution in [3.05, 3.63) is 11.8 Å². The summed E-state index contributed by atoms with van der Waals surface area (Å²) in [6.07, 6.45) is 3.03. The van der Waals surface area contributed by atoms with Crippen LogP contribution in [0.2, 0.25) is 0 Å². The molecule has 0 unspecified atom stereocenters. The lowest BCUT2D eigenvalue weighted by Crippen LogP contribution is -2.39. The largest absolute Gasteiger partial charge is 0.360 e.